The zero-order chi connectivity index (χ0) is 15.9. The van der Waals surface area contributed by atoms with Crippen LogP contribution < -0.4 is 5.32 Å². The van der Waals surface area contributed by atoms with E-state index in [0.29, 0.717) is 5.02 Å². The molecule has 0 fully saturated rings. The molecule has 0 aromatic heterocycles. The molecule has 2 aromatic carbocycles. The van der Waals surface area contributed by atoms with Gasteiger partial charge in [-0.05, 0) is 17.7 Å². The van der Waals surface area contributed by atoms with Crippen LogP contribution in [-0.4, -0.2) is 18.4 Å². The van der Waals surface area contributed by atoms with E-state index in [1.54, 1.807) is 18.2 Å². The monoisotopic (exact) mass is 337 g/mol. The molecular weight excluding hydrogens is 325 g/mol. The van der Waals surface area contributed by atoms with Gasteiger partial charge in [0.25, 0.3) is 0 Å². The van der Waals surface area contributed by atoms with Crippen LogP contribution in [0.5, 0.6) is 0 Å². The number of nitrogens with one attached hydrogen (secondary N) is 1. The first-order valence-electron chi connectivity index (χ1n) is 6.49. The molecule has 0 atom stereocenters. The molecule has 0 aliphatic rings. The van der Waals surface area contributed by atoms with Crippen LogP contribution in [0.3, 0.4) is 0 Å². The van der Waals surface area contributed by atoms with Crippen LogP contribution in [0.2, 0.25) is 10.0 Å². The minimum atomic E-state index is -0.671. The van der Waals surface area contributed by atoms with Crippen LogP contribution in [0, 0.1) is 0 Å². The molecule has 1 amide bonds. The van der Waals surface area contributed by atoms with Gasteiger partial charge in [0, 0.05) is 5.56 Å². The van der Waals surface area contributed by atoms with Gasteiger partial charge in [-0.2, -0.15) is 0 Å². The average molecular weight is 338 g/mol. The summed E-state index contributed by atoms with van der Waals surface area (Å²) in [5, 5.41) is 2.85. The number of alkyl carbamates (subject to hydrolysis) is 1. The average Bonchev–Trinajstić information content (AvgIpc) is 2.54. The molecule has 0 saturated carbocycles. The van der Waals surface area contributed by atoms with E-state index in [2.05, 4.69) is 5.32 Å². The third kappa shape index (κ3) is 4.48. The van der Waals surface area contributed by atoms with E-state index >= 15 is 0 Å². The summed E-state index contributed by atoms with van der Waals surface area (Å²) in [6.45, 7) is -0.0769. The van der Waals surface area contributed by atoms with Crippen molar-refractivity contribution in [1.82, 2.24) is 5.32 Å². The third-order valence-corrected chi connectivity index (χ3v) is 3.68. The number of ketones is 1. The van der Waals surface area contributed by atoms with Crippen molar-refractivity contribution < 1.29 is 14.3 Å². The summed E-state index contributed by atoms with van der Waals surface area (Å²) in [5.41, 5.74) is 1.12. The fourth-order valence-corrected chi connectivity index (χ4v) is 2.15. The van der Waals surface area contributed by atoms with Gasteiger partial charge in [0.15, 0.2) is 5.78 Å². The van der Waals surface area contributed by atoms with Crippen molar-refractivity contribution >= 4 is 35.1 Å². The van der Waals surface area contributed by atoms with Crippen LogP contribution in [0.15, 0.2) is 48.5 Å². The summed E-state index contributed by atoms with van der Waals surface area (Å²) in [6, 6.07) is 14.0. The summed E-state index contributed by atoms with van der Waals surface area (Å²) in [7, 11) is 0. The quantitative estimate of drug-likeness (QED) is 0.835. The molecule has 114 valence electrons. The van der Waals surface area contributed by atoms with E-state index in [4.69, 9.17) is 27.9 Å². The number of ether oxygens (including phenoxy) is 1. The molecule has 0 radical (unpaired) electrons. The second-order valence-electron chi connectivity index (χ2n) is 4.44. The molecule has 0 aliphatic carbocycles. The number of amides is 1. The molecule has 0 spiro atoms. The first-order chi connectivity index (χ1) is 10.6. The molecule has 6 heteroatoms. The zero-order valence-corrected chi connectivity index (χ0v) is 13.0. The lowest BCUT2D eigenvalue weighted by Crippen LogP contribution is -2.30. The van der Waals surface area contributed by atoms with Gasteiger partial charge >= 0.3 is 6.09 Å². The van der Waals surface area contributed by atoms with Crippen LogP contribution in [0.1, 0.15) is 15.9 Å². The lowest BCUT2D eigenvalue weighted by atomic mass is 10.1. The normalized spacial score (nSPS) is 10.1. The fourth-order valence-electron chi connectivity index (χ4n) is 1.74. The Morgan fingerprint density at radius 2 is 1.73 bits per heavy atom. The SMILES string of the molecule is O=C(NCC(=O)c1cccc(Cl)c1Cl)OCc1ccccc1. The number of carbonyl (C=O) groups excluding carboxylic acids is 2. The lowest BCUT2D eigenvalue weighted by molar-refractivity contribution is 0.0974. The van der Waals surface area contributed by atoms with Gasteiger partial charge in [-0.25, -0.2) is 4.79 Å². The Labute approximate surface area is 138 Å². The highest BCUT2D eigenvalue weighted by molar-refractivity contribution is 6.44. The fraction of sp³-hybridized carbons (Fsp3) is 0.125. The van der Waals surface area contributed by atoms with Crippen LogP contribution in [0.4, 0.5) is 4.79 Å². The molecule has 0 aliphatic heterocycles. The van der Waals surface area contributed by atoms with Gasteiger partial charge in [0.05, 0.1) is 16.6 Å². The number of carbonyl (C=O) groups is 2. The third-order valence-electron chi connectivity index (χ3n) is 2.86. The Balaban J connectivity index is 1.83. The maximum atomic E-state index is 12.0. The largest absolute Gasteiger partial charge is 0.445 e. The molecule has 1 N–H and O–H groups in total. The van der Waals surface area contributed by atoms with Crippen molar-refractivity contribution in [1.29, 1.82) is 0 Å². The molecule has 22 heavy (non-hydrogen) atoms. The van der Waals surface area contributed by atoms with Gasteiger partial charge in [0.1, 0.15) is 6.61 Å². The summed E-state index contributed by atoms with van der Waals surface area (Å²) in [5.74, 6) is -0.343. The maximum absolute atomic E-state index is 12.0. The molecule has 0 saturated heterocycles. The van der Waals surface area contributed by atoms with E-state index in [1.165, 1.54) is 0 Å². The van der Waals surface area contributed by atoms with Gasteiger partial charge in [-0.15, -0.1) is 0 Å². The van der Waals surface area contributed by atoms with Crippen molar-refractivity contribution in [2.24, 2.45) is 0 Å². The predicted octanol–water partition coefficient (Wildman–Crippen LogP) is 4.10. The predicted molar refractivity (Wildman–Crippen MR) is 85.4 cm³/mol. The Hall–Kier alpha value is -2.04. The summed E-state index contributed by atoms with van der Waals surface area (Å²) in [6.07, 6.45) is -0.671. The van der Waals surface area contributed by atoms with Gasteiger partial charge in [-0.3, -0.25) is 4.79 Å². The Morgan fingerprint density at radius 3 is 2.45 bits per heavy atom. The lowest BCUT2D eigenvalue weighted by Gasteiger charge is -2.08. The molecule has 0 bridgehead atoms. The zero-order valence-electron chi connectivity index (χ0n) is 11.5. The molecule has 2 rings (SSSR count). The number of halogens is 2. The number of Topliss-reactive ketones (excluding diaryl/α,β-unsaturated/α-hetero) is 1. The molecule has 0 unspecified atom stereocenters. The highest BCUT2D eigenvalue weighted by atomic mass is 35.5. The number of hydrogen-bond acceptors (Lipinski definition) is 3. The topological polar surface area (TPSA) is 55.4 Å². The second-order valence-corrected chi connectivity index (χ2v) is 5.23. The minimum absolute atomic E-state index is 0.138. The van der Waals surface area contributed by atoms with Crippen molar-refractivity contribution in [3.63, 3.8) is 0 Å². The standard InChI is InChI=1S/C16H13Cl2NO3/c17-13-8-4-7-12(15(13)18)14(20)9-19-16(21)22-10-11-5-2-1-3-6-11/h1-8H,9-10H2,(H,19,21). The van der Waals surface area contributed by atoms with Gasteiger partial charge in [-0.1, -0.05) is 59.6 Å². The Morgan fingerprint density at radius 1 is 1.00 bits per heavy atom. The smallest absolute Gasteiger partial charge is 0.407 e. The molecule has 0 heterocycles. The van der Waals surface area contributed by atoms with E-state index in [-0.39, 0.29) is 29.5 Å². The van der Waals surface area contributed by atoms with Crippen molar-refractivity contribution in [2.75, 3.05) is 6.54 Å². The van der Waals surface area contributed by atoms with Crippen molar-refractivity contribution in [3.8, 4) is 0 Å². The minimum Gasteiger partial charge on any atom is -0.445 e. The second kappa shape index (κ2) is 7.82. The number of benzene rings is 2. The van der Waals surface area contributed by atoms with E-state index in [0.717, 1.165) is 5.56 Å². The van der Waals surface area contributed by atoms with Crippen molar-refractivity contribution in [3.05, 3.63) is 69.7 Å². The van der Waals surface area contributed by atoms with E-state index in [9.17, 15) is 9.59 Å². The van der Waals surface area contributed by atoms with Crippen molar-refractivity contribution in [2.45, 2.75) is 6.61 Å². The summed E-state index contributed by atoms with van der Waals surface area (Å²) < 4.78 is 5.01. The van der Waals surface area contributed by atoms with E-state index in [1.807, 2.05) is 30.3 Å². The summed E-state index contributed by atoms with van der Waals surface area (Å²) >= 11 is 11.8. The maximum Gasteiger partial charge on any atom is 0.407 e. The number of rotatable bonds is 5. The van der Waals surface area contributed by atoms with Crippen LogP contribution in [0.25, 0.3) is 0 Å². The number of hydrogen-bond donors (Lipinski definition) is 1. The molecule has 4 nitrogen and oxygen atoms in total. The summed E-state index contributed by atoms with van der Waals surface area (Å²) in [4.78, 5) is 23.5. The molecule has 2 aromatic rings. The highest BCUT2D eigenvalue weighted by Gasteiger charge is 2.14. The molecular formula is C16H13Cl2NO3. The van der Waals surface area contributed by atoms with Gasteiger partial charge in [0.2, 0.25) is 0 Å². The first-order valence-corrected chi connectivity index (χ1v) is 7.25. The van der Waals surface area contributed by atoms with Crippen LogP contribution >= 0.6 is 23.2 Å². The van der Waals surface area contributed by atoms with Crippen LogP contribution in [-0.2, 0) is 11.3 Å². The Kier molecular flexibility index (Phi) is 5.81. The van der Waals surface area contributed by atoms with Gasteiger partial charge < -0.3 is 10.1 Å². The van der Waals surface area contributed by atoms with E-state index < -0.39 is 6.09 Å². The Bertz CT molecular complexity index is 674. The highest BCUT2D eigenvalue weighted by Crippen LogP contribution is 2.25. The first kappa shape index (κ1) is 16.3.